The molecule has 0 radical (unpaired) electrons. The zero-order valence-electron chi connectivity index (χ0n) is 24.2. The molecule has 3 aromatic carbocycles. The largest absolute Gasteiger partial charge is 0.340 e. The van der Waals surface area contributed by atoms with Crippen LogP contribution in [-0.2, 0) is 11.3 Å². The fourth-order valence-corrected chi connectivity index (χ4v) is 4.94. The Labute approximate surface area is 247 Å². The summed E-state index contributed by atoms with van der Waals surface area (Å²) >= 11 is 0. The van der Waals surface area contributed by atoms with Crippen LogP contribution in [0.15, 0.2) is 71.8 Å². The number of rotatable bonds is 11. The Kier molecular flexibility index (Phi) is 9.29. The molecule has 43 heavy (non-hydrogen) atoms. The highest BCUT2D eigenvalue weighted by Gasteiger charge is 2.25. The van der Waals surface area contributed by atoms with Crippen LogP contribution in [0, 0.1) is 40.0 Å². The van der Waals surface area contributed by atoms with Crippen molar-refractivity contribution in [1.29, 1.82) is 0 Å². The van der Waals surface area contributed by atoms with Gasteiger partial charge in [-0.1, -0.05) is 61.9 Å². The number of amides is 2. The molecule has 222 valence electrons. The number of nitrogens with one attached hydrogen (secondary N) is 2. The lowest BCUT2D eigenvalue weighted by molar-refractivity contribution is -0.394. The van der Waals surface area contributed by atoms with E-state index in [0.29, 0.717) is 6.54 Å². The number of aryl methyl sites for hydroxylation is 1. The van der Waals surface area contributed by atoms with Crippen molar-refractivity contribution >= 4 is 40.3 Å². The SMILES string of the molecule is Cc1cccc(Cn2c(C)c(/C=N\NC(=O)[C@H](CC(C)C)NC(=O)c3cc([N+](=O)[O-])cc([N+](=O)[O-])c3)c3ccccc32)c1. The number of benzene rings is 3. The van der Waals surface area contributed by atoms with Gasteiger partial charge in [-0.2, -0.15) is 5.10 Å². The second kappa shape index (κ2) is 13.1. The fraction of sp³-hybridized carbons (Fsp3) is 0.258. The van der Waals surface area contributed by atoms with Crippen molar-refractivity contribution in [2.24, 2.45) is 11.0 Å². The zero-order chi connectivity index (χ0) is 31.3. The molecule has 0 fully saturated rings. The van der Waals surface area contributed by atoms with Crippen LogP contribution in [-0.4, -0.2) is 38.5 Å². The molecule has 0 aliphatic carbocycles. The number of non-ortho nitro benzene ring substituents is 2. The Hall–Kier alpha value is -5.39. The van der Waals surface area contributed by atoms with E-state index >= 15 is 0 Å². The minimum absolute atomic E-state index is 0.0127. The van der Waals surface area contributed by atoms with Gasteiger partial charge in [0.2, 0.25) is 0 Å². The van der Waals surface area contributed by atoms with E-state index in [1.807, 2.05) is 64.1 Å². The summed E-state index contributed by atoms with van der Waals surface area (Å²) in [6, 6.07) is 17.8. The molecule has 1 heterocycles. The van der Waals surface area contributed by atoms with Crippen LogP contribution in [0.3, 0.4) is 0 Å². The van der Waals surface area contributed by atoms with Gasteiger partial charge in [0.1, 0.15) is 6.04 Å². The lowest BCUT2D eigenvalue weighted by Gasteiger charge is -2.19. The van der Waals surface area contributed by atoms with E-state index in [4.69, 9.17) is 0 Å². The molecule has 0 bridgehead atoms. The van der Waals surface area contributed by atoms with Crippen LogP contribution >= 0.6 is 0 Å². The van der Waals surface area contributed by atoms with E-state index in [9.17, 15) is 29.8 Å². The maximum absolute atomic E-state index is 13.2. The lowest BCUT2D eigenvalue weighted by atomic mass is 10.0. The van der Waals surface area contributed by atoms with Crippen LogP contribution in [0.1, 0.15) is 53.0 Å². The molecule has 1 atom stereocenters. The van der Waals surface area contributed by atoms with Crippen molar-refractivity contribution in [2.75, 3.05) is 0 Å². The number of hydrogen-bond donors (Lipinski definition) is 2. The fourth-order valence-electron chi connectivity index (χ4n) is 4.94. The molecule has 2 amide bonds. The lowest BCUT2D eigenvalue weighted by Crippen LogP contribution is -2.46. The maximum atomic E-state index is 13.2. The van der Waals surface area contributed by atoms with Gasteiger partial charge >= 0.3 is 0 Å². The third kappa shape index (κ3) is 7.28. The smallest absolute Gasteiger partial charge is 0.277 e. The highest BCUT2D eigenvalue weighted by molar-refractivity contribution is 6.02. The summed E-state index contributed by atoms with van der Waals surface area (Å²) in [5, 5.41) is 30.2. The highest BCUT2D eigenvalue weighted by atomic mass is 16.6. The number of nitrogens with zero attached hydrogens (tertiary/aromatic N) is 4. The maximum Gasteiger partial charge on any atom is 0.277 e. The minimum atomic E-state index is -1.05. The first-order valence-electron chi connectivity index (χ1n) is 13.7. The van der Waals surface area contributed by atoms with Gasteiger partial charge in [0.05, 0.1) is 27.7 Å². The van der Waals surface area contributed by atoms with Crippen molar-refractivity contribution in [2.45, 2.75) is 46.7 Å². The first-order valence-corrected chi connectivity index (χ1v) is 13.7. The molecule has 1 aromatic heterocycles. The predicted octanol–water partition coefficient (Wildman–Crippen LogP) is 5.42. The average molecular weight is 585 g/mol. The van der Waals surface area contributed by atoms with Crippen molar-refractivity contribution in [3.8, 4) is 0 Å². The molecule has 4 aromatic rings. The molecule has 0 saturated carbocycles. The summed E-state index contributed by atoms with van der Waals surface area (Å²) in [6.45, 7) is 8.42. The molecule has 0 unspecified atom stereocenters. The quantitative estimate of drug-likeness (QED) is 0.136. The average Bonchev–Trinajstić information content (AvgIpc) is 3.22. The summed E-state index contributed by atoms with van der Waals surface area (Å²) in [6.07, 6.45) is 1.80. The van der Waals surface area contributed by atoms with Gasteiger partial charge in [-0.3, -0.25) is 29.8 Å². The Balaban J connectivity index is 1.56. The molecule has 4 rings (SSSR count). The number of nitro benzene ring substituents is 2. The molecule has 12 nitrogen and oxygen atoms in total. The standard InChI is InChI=1S/C31H32N6O6/c1-19(2)12-28(33-30(38)23-14-24(36(40)41)16-25(15-23)37(42)43)31(39)34-32-17-27-21(4)35(29-11-6-5-10-26(27)29)18-22-9-7-8-20(3)13-22/h5-11,13-17,19,28H,12,18H2,1-4H3,(H,33,38)(H,34,39)/b32-17-/t28-/m0/s1. The predicted molar refractivity (Wildman–Crippen MR) is 163 cm³/mol. The van der Waals surface area contributed by atoms with Gasteiger partial charge < -0.3 is 9.88 Å². The topological polar surface area (TPSA) is 162 Å². The molecule has 0 saturated heterocycles. The number of fused-ring (bicyclic) bond motifs is 1. The number of aromatic nitrogens is 1. The zero-order valence-corrected chi connectivity index (χ0v) is 24.2. The van der Waals surface area contributed by atoms with Gasteiger partial charge in [0.25, 0.3) is 23.2 Å². The molecule has 0 spiro atoms. The molecule has 2 N–H and O–H groups in total. The van der Waals surface area contributed by atoms with E-state index in [0.717, 1.165) is 45.9 Å². The Bertz CT molecular complexity index is 1710. The number of hydrazone groups is 1. The number of carbonyl (C=O) groups is 2. The van der Waals surface area contributed by atoms with Crippen LogP contribution in [0.4, 0.5) is 11.4 Å². The van der Waals surface area contributed by atoms with Crippen molar-refractivity contribution in [3.63, 3.8) is 0 Å². The van der Waals surface area contributed by atoms with E-state index < -0.39 is 39.1 Å². The molecular weight excluding hydrogens is 552 g/mol. The normalized spacial score (nSPS) is 12.0. The number of hydrogen-bond acceptors (Lipinski definition) is 7. The van der Waals surface area contributed by atoms with Gasteiger partial charge in [-0.05, 0) is 37.8 Å². The van der Waals surface area contributed by atoms with E-state index in [2.05, 4.69) is 32.5 Å². The van der Waals surface area contributed by atoms with Gasteiger partial charge in [0, 0.05) is 40.8 Å². The van der Waals surface area contributed by atoms with Crippen LogP contribution in [0.2, 0.25) is 0 Å². The second-order valence-electron chi connectivity index (χ2n) is 10.7. The third-order valence-corrected chi connectivity index (χ3v) is 6.99. The summed E-state index contributed by atoms with van der Waals surface area (Å²) in [5.41, 5.74) is 6.12. The van der Waals surface area contributed by atoms with Crippen LogP contribution in [0.25, 0.3) is 10.9 Å². The van der Waals surface area contributed by atoms with Gasteiger partial charge in [-0.15, -0.1) is 0 Å². The molecule has 12 heteroatoms. The highest BCUT2D eigenvalue weighted by Crippen LogP contribution is 2.26. The second-order valence-corrected chi connectivity index (χ2v) is 10.7. The molecular formula is C31H32N6O6. The van der Waals surface area contributed by atoms with Gasteiger partial charge in [-0.25, -0.2) is 5.43 Å². The molecule has 0 aliphatic heterocycles. The van der Waals surface area contributed by atoms with E-state index in [1.54, 1.807) is 6.21 Å². The van der Waals surface area contributed by atoms with E-state index in [-0.39, 0.29) is 17.9 Å². The van der Waals surface area contributed by atoms with E-state index in [1.165, 1.54) is 5.56 Å². The third-order valence-electron chi connectivity index (χ3n) is 6.99. The Morgan fingerprint density at radius 3 is 2.26 bits per heavy atom. The van der Waals surface area contributed by atoms with Crippen LogP contribution in [0.5, 0.6) is 0 Å². The number of nitro groups is 2. The first kappa shape index (κ1) is 30.6. The summed E-state index contributed by atoms with van der Waals surface area (Å²) < 4.78 is 2.19. The van der Waals surface area contributed by atoms with Crippen LogP contribution < -0.4 is 10.7 Å². The summed E-state index contributed by atoms with van der Waals surface area (Å²) in [5.74, 6) is -1.47. The monoisotopic (exact) mass is 584 g/mol. The van der Waals surface area contributed by atoms with Crippen molar-refractivity contribution in [3.05, 3.63) is 115 Å². The Morgan fingerprint density at radius 2 is 1.63 bits per heavy atom. The van der Waals surface area contributed by atoms with Crippen molar-refractivity contribution < 1.29 is 19.4 Å². The first-order chi connectivity index (χ1) is 20.4. The number of para-hydroxylation sites is 1. The summed E-state index contributed by atoms with van der Waals surface area (Å²) in [4.78, 5) is 47.0. The van der Waals surface area contributed by atoms with Crippen molar-refractivity contribution in [1.82, 2.24) is 15.3 Å². The molecule has 0 aliphatic rings. The van der Waals surface area contributed by atoms with Gasteiger partial charge in [0.15, 0.2) is 0 Å². The summed E-state index contributed by atoms with van der Waals surface area (Å²) in [7, 11) is 0. The minimum Gasteiger partial charge on any atom is -0.340 e. The number of carbonyl (C=O) groups excluding carboxylic acids is 2. The Morgan fingerprint density at radius 1 is 0.953 bits per heavy atom.